The molecule has 0 saturated heterocycles. The van der Waals surface area contributed by atoms with E-state index in [1.165, 1.54) is 0 Å². The zero-order valence-electron chi connectivity index (χ0n) is 14.2. The first kappa shape index (κ1) is 20.2. The average Bonchev–Trinajstić information content (AvgIpc) is 2.04. The lowest BCUT2D eigenvalue weighted by Crippen LogP contribution is -2.43. The summed E-state index contributed by atoms with van der Waals surface area (Å²) >= 11 is 4.34. The van der Waals surface area contributed by atoms with Crippen LogP contribution in [0.1, 0.15) is 61.3 Å². The molecule has 4 nitrogen and oxygen atoms in total. The Kier molecular flexibility index (Phi) is 7.03. The highest BCUT2D eigenvalue weighted by molar-refractivity contribution is 7.81. The molecule has 20 heavy (non-hydrogen) atoms. The molecule has 0 amide bonds. The summed E-state index contributed by atoms with van der Waals surface area (Å²) in [6.45, 7) is 15.1. The molecule has 4 N–H and O–H groups in total. The maximum Gasteiger partial charge on any atom is 0.0708 e. The van der Waals surface area contributed by atoms with Gasteiger partial charge in [-0.1, -0.05) is 0 Å². The third-order valence-corrected chi connectivity index (χ3v) is 2.89. The Morgan fingerprint density at radius 2 is 1.10 bits per heavy atom. The van der Waals surface area contributed by atoms with Gasteiger partial charge < -0.3 is 20.9 Å². The van der Waals surface area contributed by atoms with Crippen LogP contribution in [0.2, 0.25) is 0 Å². The molecule has 0 aromatic heterocycles. The van der Waals surface area contributed by atoms with E-state index < -0.39 is 4.87 Å². The first-order valence-corrected chi connectivity index (χ1v) is 7.65. The summed E-state index contributed by atoms with van der Waals surface area (Å²) in [6.07, 6.45) is 1.46. The van der Waals surface area contributed by atoms with Crippen LogP contribution >= 0.6 is 12.6 Å². The topological polar surface area (TPSA) is 70.5 Å². The van der Waals surface area contributed by atoms with Crippen LogP contribution in [0, 0.1) is 0 Å². The lowest BCUT2D eigenvalue weighted by Gasteiger charge is -2.34. The van der Waals surface area contributed by atoms with Crippen LogP contribution in [0.4, 0.5) is 0 Å². The summed E-state index contributed by atoms with van der Waals surface area (Å²) in [5.74, 6) is 0. The van der Waals surface area contributed by atoms with Crippen LogP contribution in [0.15, 0.2) is 0 Å². The molecular formula is C15H34N2O2S. The van der Waals surface area contributed by atoms with E-state index in [-0.39, 0.29) is 16.7 Å². The largest absolute Gasteiger partial charge is 0.373 e. The molecule has 0 saturated carbocycles. The number of nitrogens with two attached hydrogens (primary N) is 2. The lowest BCUT2D eigenvalue weighted by molar-refractivity contribution is -0.0946. The van der Waals surface area contributed by atoms with Gasteiger partial charge in [-0.2, -0.15) is 12.6 Å². The third kappa shape index (κ3) is 12.0. The Morgan fingerprint density at radius 3 is 1.40 bits per heavy atom. The molecule has 0 fully saturated rings. The summed E-state index contributed by atoms with van der Waals surface area (Å²) in [5, 5.41) is 0. The Labute approximate surface area is 130 Å². The van der Waals surface area contributed by atoms with Gasteiger partial charge >= 0.3 is 0 Å². The Balaban J connectivity index is 4.08. The van der Waals surface area contributed by atoms with Gasteiger partial charge in [-0.15, -0.1) is 0 Å². The van der Waals surface area contributed by atoms with Crippen molar-refractivity contribution in [3.63, 3.8) is 0 Å². The smallest absolute Gasteiger partial charge is 0.0708 e. The minimum atomic E-state index is -0.535. The van der Waals surface area contributed by atoms with Crippen LogP contribution in [-0.4, -0.2) is 34.8 Å². The number of ether oxygens (including phenoxy) is 2. The highest BCUT2D eigenvalue weighted by Crippen LogP contribution is 2.25. The molecule has 0 aromatic rings. The van der Waals surface area contributed by atoms with Crippen LogP contribution in [0.25, 0.3) is 0 Å². The Hall–Kier alpha value is 0.190. The van der Waals surface area contributed by atoms with Gasteiger partial charge in [0.2, 0.25) is 0 Å². The second kappa shape index (κ2) is 6.97. The van der Waals surface area contributed by atoms with Crippen molar-refractivity contribution in [2.24, 2.45) is 11.5 Å². The standard InChI is InChI=1S/C15H34N2O2S/c1-12(2,16)10-13(3,4)18-8-9-19-14(5,6)11-15(7,17)20/h20H,8-11,16-17H2,1-7H3. The Bertz CT molecular complexity index is 261. The van der Waals surface area contributed by atoms with Crippen molar-refractivity contribution in [1.82, 2.24) is 0 Å². The van der Waals surface area contributed by atoms with Gasteiger partial charge in [0.15, 0.2) is 0 Å². The number of hydrogen-bond acceptors (Lipinski definition) is 5. The summed E-state index contributed by atoms with van der Waals surface area (Å²) in [7, 11) is 0. The molecule has 0 aliphatic rings. The molecule has 0 aliphatic heterocycles. The van der Waals surface area contributed by atoms with Gasteiger partial charge in [0, 0.05) is 12.0 Å². The summed E-state index contributed by atoms with van der Waals surface area (Å²) in [5.41, 5.74) is 11.1. The van der Waals surface area contributed by atoms with E-state index in [4.69, 9.17) is 20.9 Å². The fourth-order valence-corrected chi connectivity index (χ4v) is 3.08. The normalized spacial score (nSPS) is 17.1. The van der Waals surface area contributed by atoms with E-state index in [9.17, 15) is 0 Å². The van der Waals surface area contributed by atoms with E-state index >= 15 is 0 Å². The van der Waals surface area contributed by atoms with Crippen LogP contribution in [-0.2, 0) is 9.47 Å². The van der Waals surface area contributed by atoms with Gasteiger partial charge in [-0.3, -0.25) is 0 Å². The summed E-state index contributed by atoms with van der Waals surface area (Å²) in [6, 6.07) is 0. The quantitative estimate of drug-likeness (QED) is 0.348. The molecule has 0 bridgehead atoms. The first-order valence-electron chi connectivity index (χ1n) is 7.20. The predicted molar refractivity (Wildman–Crippen MR) is 89.1 cm³/mol. The van der Waals surface area contributed by atoms with Crippen molar-refractivity contribution >= 4 is 12.6 Å². The Morgan fingerprint density at radius 1 is 0.750 bits per heavy atom. The zero-order valence-corrected chi connectivity index (χ0v) is 15.1. The number of hydrogen-bond donors (Lipinski definition) is 3. The molecule has 0 spiro atoms. The van der Waals surface area contributed by atoms with Gasteiger partial charge in [-0.05, 0) is 54.9 Å². The highest BCUT2D eigenvalue weighted by Gasteiger charge is 2.29. The second-order valence-corrected chi connectivity index (χ2v) is 8.94. The van der Waals surface area contributed by atoms with Crippen LogP contribution in [0.3, 0.4) is 0 Å². The third-order valence-electron chi connectivity index (χ3n) is 2.73. The van der Waals surface area contributed by atoms with E-state index in [1.54, 1.807) is 0 Å². The zero-order chi connectivity index (χ0) is 16.2. The van der Waals surface area contributed by atoms with E-state index in [2.05, 4.69) is 26.5 Å². The molecule has 0 rings (SSSR count). The van der Waals surface area contributed by atoms with Gasteiger partial charge in [0.1, 0.15) is 0 Å². The van der Waals surface area contributed by atoms with Gasteiger partial charge in [0.25, 0.3) is 0 Å². The predicted octanol–water partition coefficient (Wildman–Crippen LogP) is 2.70. The SMILES string of the molecule is CC(C)(N)CC(C)(C)OCCOC(C)(C)CC(C)(N)S. The number of thiol groups is 1. The molecule has 1 atom stereocenters. The fourth-order valence-electron chi connectivity index (χ4n) is 2.70. The van der Waals surface area contributed by atoms with Gasteiger partial charge in [-0.25, -0.2) is 0 Å². The highest BCUT2D eigenvalue weighted by atomic mass is 32.1. The fraction of sp³-hybridized carbons (Fsp3) is 1.00. The van der Waals surface area contributed by atoms with Crippen molar-refractivity contribution in [2.45, 2.75) is 82.9 Å². The van der Waals surface area contributed by atoms with Gasteiger partial charge in [0.05, 0.1) is 29.3 Å². The maximum atomic E-state index is 6.03. The van der Waals surface area contributed by atoms with Crippen molar-refractivity contribution in [3.8, 4) is 0 Å². The van der Waals surface area contributed by atoms with Crippen molar-refractivity contribution < 1.29 is 9.47 Å². The maximum absolute atomic E-state index is 6.03. The molecular weight excluding hydrogens is 272 g/mol. The molecule has 0 aromatic carbocycles. The number of rotatable bonds is 9. The van der Waals surface area contributed by atoms with Crippen molar-refractivity contribution in [1.29, 1.82) is 0 Å². The monoisotopic (exact) mass is 306 g/mol. The van der Waals surface area contributed by atoms with Crippen LogP contribution < -0.4 is 11.5 Å². The lowest BCUT2D eigenvalue weighted by atomic mass is 9.90. The van der Waals surface area contributed by atoms with E-state index in [0.717, 1.165) is 6.42 Å². The molecule has 5 heteroatoms. The molecule has 0 heterocycles. The van der Waals surface area contributed by atoms with Crippen molar-refractivity contribution in [2.75, 3.05) is 13.2 Å². The minimum absolute atomic E-state index is 0.239. The first-order chi connectivity index (χ1) is 8.62. The molecule has 1 unspecified atom stereocenters. The minimum Gasteiger partial charge on any atom is -0.373 e. The van der Waals surface area contributed by atoms with Crippen molar-refractivity contribution in [3.05, 3.63) is 0 Å². The summed E-state index contributed by atoms with van der Waals surface area (Å²) < 4.78 is 11.7. The van der Waals surface area contributed by atoms with E-state index in [0.29, 0.717) is 19.6 Å². The summed E-state index contributed by atoms with van der Waals surface area (Å²) in [4.78, 5) is -0.535. The molecule has 0 aliphatic carbocycles. The van der Waals surface area contributed by atoms with E-state index in [1.807, 2.05) is 34.6 Å². The second-order valence-electron chi connectivity index (χ2n) is 7.92. The average molecular weight is 307 g/mol. The van der Waals surface area contributed by atoms with Crippen LogP contribution in [0.5, 0.6) is 0 Å². The molecule has 122 valence electrons. The molecule has 0 radical (unpaired) electrons.